The molecule has 1 heterocycles. The summed E-state index contributed by atoms with van der Waals surface area (Å²) in [6.07, 6.45) is 3.88. The highest BCUT2D eigenvalue weighted by Gasteiger charge is 1.92. The van der Waals surface area contributed by atoms with Gasteiger partial charge in [-0.25, -0.2) is 4.98 Å². The Labute approximate surface area is 65.0 Å². The van der Waals surface area contributed by atoms with Gasteiger partial charge in [0.05, 0.1) is 5.84 Å². The van der Waals surface area contributed by atoms with Gasteiger partial charge in [0.1, 0.15) is 12.7 Å². The molecular weight excluding hydrogens is 142 g/mol. The summed E-state index contributed by atoms with van der Waals surface area (Å²) in [6.45, 7) is 0.739. The zero-order valence-corrected chi connectivity index (χ0v) is 6.44. The van der Waals surface area contributed by atoms with Crippen molar-refractivity contribution in [2.75, 3.05) is 7.05 Å². The van der Waals surface area contributed by atoms with E-state index in [-0.39, 0.29) is 0 Å². The van der Waals surface area contributed by atoms with Crippen LogP contribution in [-0.2, 0) is 6.54 Å². The predicted octanol–water partition coefficient (Wildman–Crippen LogP) is -0.345. The van der Waals surface area contributed by atoms with E-state index in [1.807, 2.05) is 0 Å². The molecule has 60 valence electrons. The number of nitrogens with zero attached hydrogens (tertiary/aromatic N) is 4. The van der Waals surface area contributed by atoms with Gasteiger partial charge in [-0.15, -0.1) is 0 Å². The van der Waals surface area contributed by atoms with Crippen LogP contribution in [0.25, 0.3) is 0 Å². The molecule has 0 spiro atoms. The Balaban J connectivity index is 2.35. The highest BCUT2D eigenvalue weighted by molar-refractivity contribution is 5.79. The van der Waals surface area contributed by atoms with Crippen molar-refractivity contribution in [3.63, 3.8) is 0 Å². The topological polar surface area (TPSA) is 69.1 Å². The monoisotopic (exact) mass is 153 g/mol. The number of aromatic nitrogens is 3. The van der Waals surface area contributed by atoms with Crippen molar-refractivity contribution >= 4 is 5.84 Å². The van der Waals surface area contributed by atoms with Gasteiger partial charge in [0, 0.05) is 20.0 Å². The lowest BCUT2D eigenvalue weighted by Gasteiger charge is -1.98. The summed E-state index contributed by atoms with van der Waals surface area (Å²) >= 11 is 0. The van der Waals surface area contributed by atoms with Gasteiger partial charge < -0.3 is 5.73 Å². The molecule has 0 radical (unpaired) electrons. The molecule has 0 saturated carbocycles. The maximum absolute atomic E-state index is 5.48. The maximum Gasteiger partial charge on any atom is 0.137 e. The molecule has 1 aromatic heterocycles. The highest BCUT2D eigenvalue weighted by Crippen LogP contribution is 1.86. The molecule has 0 unspecified atom stereocenters. The fourth-order valence-electron chi connectivity index (χ4n) is 0.689. The van der Waals surface area contributed by atoms with E-state index in [1.165, 1.54) is 6.33 Å². The lowest BCUT2D eigenvalue weighted by molar-refractivity contribution is 0.631. The quantitative estimate of drug-likeness (QED) is 0.477. The number of hydrogen-bond donors (Lipinski definition) is 1. The summed E-state index contributed by atoms with van der Waals surface area (Å²) in [6, 6.07) is 0. The second-order valence-electron chi connectivity index (χ2n) is 2.12. The minimum absolute atomic E-state index is 0.639. The second-order valence-corrected chi connectivity index (χ2v) is 2.12. The third-order valence-electron chi connectivity index (χ3n) is 1.35. The molecule has 2 N–H and O–H groups in total. The van der Waals surface area contributed by atoms with Gasteiger partial charge >= 0.3 is 0 Å². The molecule has 0 saturated heterocycles. The van der Waals surface area contributed by atoms with E-state index in [0.717, 1.165) is 13.0 Å². The fourth-order valence-corrected chi connectivity index (χ4v) is 0.689. The molecule has 5 nitrogen and oxygen atoms in total. The number of aryl methyl sites for hydroxylation is 1. The van der Waals surface area contributed by atoms with Crippen LogP contribution in [0.15, 0.2) is 17.6 Å². The Hall–Kier alpha value is -1.39. The Morgan fingerprint density at radius 2 is 2.55 bits per heavy atom. The first-order chi connectivity index (χ1) is 5.33. The van der Waals surface area contributed by atoms with Crippen molar-refractivity contribution in [1.82, 2.24) is 14.8 Å². The third-order valence-corrected chi connectivity index (χ3v) is 1.35. The van der Waals surface area contributed by atoms with Crippen LogP contribution < -0.4 is 5.73 Å². The van der Waals surface area contributed by atoms with Crippen LogP contribution in [0.5, 0.6) is 0 Å². The Morgan fingerprint density at radius 3 is 3.09 bits per heavy atom. The fraction of sp³-hybridized carbons (Fsp3) is 0.500. The van der Waals surface area contributed by atoms with E-state index in [4.69, 9.17) is 5.73 Å². The molecule has 0 aromatic carbocycles. The van der Waals surface area contributed by atoms with Crippen molar-refractivity contribution in [3.05, 3.63) is 12.7 Å². The summed E-state index contributed by atoms with van der Waals surface area (Å²) in [5.41, 5.74) is 5.48. The number of amidine groups is 1. The molecule has 0 bridgehead atoms. The van der Waals surface area contributed by atoms with Gasteiger partial charge in [-0.2, -0.15) is 5.10 Å². The Morgan fingerprint density at radius 1 is 1.73 bits per heavy atom. The first-order valence-corrected chi connectivity index (χ1v) is 3.36. The van der Waals surface area contributed by atoms with Crippen LogP contribution in [0.4, 0.5) is 0 Å². The molecule has 0 aliphatic rings. The zero-order valence-electron chi connectivity index (χ0n) is 6.44. The van der Waals surface area contributed by atoms with E-state index < -0.39 is 0 Å². The molecule has 0 fully saturated rings. The van der Waals surface area contributed by atoms with E-state index in [2.05, 4.69) is 15.1 Å². The van der Waals surface area contributed by atoms with Gasteiger partial charge in [0.25, 0.3) is 0 Å². The molecule has 11 heavy (non-hydrogen) atoms. The summed E-state index contributed by atoms with van der Waals surface area (Å²) in [5.74, 6) is 0.639. The van der Waals surface area contributed by atoms with Crippen molar-refractivity contribution < 1.29 is 0 Å². The Bertz CT molecular complexity index is 225. The molecule has 0 aliphatic heterocycles. The van der Waals surface area contributed by atoms with E-state index in [0.29, 0.717) is 5.84 Å². The van der Waals surface area contributed by atoms with Crippen LogP contribution >= 0.6 is 0 Å². The SMILES string of the molecule is CN=C(N)CCn1cncn1. The summed E-state index contributed by atoms with van der Waals surface area (Å²) in [7, 11) is 1.68. The number of aliphatic imine (C=N–C) groups is 1. The first-order valence-electron chi connectivity index (χ1n) is 3.36. The van der Waals surface area contributed by atoms with E-state index in [9.17, 15) is 0 Å². The van der Waals surface area contributed by atoms with Gasteiger partial charge in [-0.1, -0.05) is 0 Å². The van der Waals surface area contributed by atoms with Crippen LogP contribution in [-0.4, -0.2) is 27.6 Å². The van der Waals surface area contributed by atoms with Gasteiger partial charge in [-0.05, 0) is 0 Å². The average molecular weight is 153 g/mol. The molecule has 0 atom stereocenters. The predicted molar refractivity (Wildman–Crippen MR) is 42.2 cm³/mol. The smallest absolute Gasteiger partial charge is 0.137 e. The second kappa shape index (κ2) is 3.70. The minimum atomic E-state index is 0.639. The van der Waals surface area contributed by atoms with Crippen molar-refractivity contribution in [2.45, 2.75) is 13.0 Å². The summed E-state index contributed by atoms with van der Waals surface area (Å²) < 4.78 is 1.72. The standard InChI is InChI=1S/C6H11N5/c1-8-6(7)2-3-11-5-9-4-10-11/h4-5H,2-3H2,1H3,(H2,7,8). The van der Waals surface area contributed by atoms with Crippen LogP contribution in [0.1, 0.15) is 6.42 Å². The number of rotatable bonds is 3. The molecule has 1 rings (SSSR count). The highest BCUT2D eigenvalue weighted by atomic mass is 15.3. The lowest BCUT2D eigenvalue weighted by atomic mass is 10.4. The molecule has 5 heteroatoms. The van der Waals surface area contributed by atoms with Gasteiger partial charge in [0.15, 0.2) is 0 Å². The lowest BCUT2D eigenvalue weighted by Crippen LogP contribution is -2.14. The molecular formula is C6H11N5. The van der Waals surface area contributed by atoms with Crippen molar-refractivity contribution in [2.24, 2.45) is 10.7 Å². The molecule has 0 amide bonds. The van der Waals surface area contributed by atoms with Crippen molar-refractivity contribution in [3.8, 4) is 0 Å². The maximum atomic E-state index is 5.48. The van der Waals surface area contributed by atoms with Crippen molar-refractivity contribution in [1.29, 1.82) is 0 Å². The zero-order chi connectivity index (χ0) is 8.10. The van der Waals surface area contributed by atoms with E-state index in [1.54, 1.807) is 18.1 Å². The normalized spacial score (nSPS) is 11.9. The Kier molecular flexibility index (Phi) is 2.59. The summed E-state index contributed by atoms with van der Waals surface area (Å²) in [5, 5.41) is 3.92. The summed E-state index contributed by atoms with van der Waals surface area (Å²) in [4.78, 5) is 7.62. The van der Waals surface area contributed by atoms with Gasteiger partial charge in [-0.3, -0.25) is 9.67 Å². The van der Waals surface area contributed by atoms with Gasteiger partial charge in [0.2, 0.25) is 0 Å². The van der Waals surface area contributed by atoms with Crippen LogP contribution in [0.3, 0.4) is 0 Å². The largest absolute Gasteiger partial charge is 0.387 e. The van der Waals surface area contributed by atoms with E-state index >= 15 is 0 Å². The first kappa shape index (κ1) is 7.71. The minimum Gasteiger partial charge on any atom is -0.387 e. The average Bonchev–Trinajstić information content (AvgIpc) is 2.52. The number of nitrogens with two attached hydrogens (primary N) is 1. The van der Waals surface area contributed by atoms with Crippen LogP contribution in [0, 0.1) is 0 Å². The van der Waals surface area contributed by atoms with Crippen LogP contribution in [0.2, 0.25) is 0 Å². The third kappa shape index (κ3) is 2.37. The number of hydrogen-bond acceptors (Lipinski definition) is 3. The molecule has 0 aliphatic carbocycles. The molecule has 1 aromatic rings.